The molecule has 2 aliphatic heterocycles. The molecule has 0 aliphatic carbocycles. The summed E-state index contributed by atoms with van der Waals surface area (Å²) in [6, 6.07) is 12.3. The molecular weight excluding hydrogens is 566 g/mol. The first-order chi connectivity index (χ1) is 20.5. The minimum atomic E-state index is -4.61. The number of carbonyl (C=O) groups is 2. The summed E-state index contributed by atoms with van der Waals surface area (Å²) >= 11 is 0. The molecule has 2 heterocycles. The first-order valence-electron chi connectivity index (χ1n) is 14.0. The van der Waals surface area contributed by atoms with Crippen molar-refractivity contribution in [1.82, 2.24) is 10.2 Å². The normalized spacial score (nSPS) is 18.5. The van der Waals surface area contributed by atoms with Gasteiger partial charge in [-0.05, 0) is 50.7 Å². The summed E-state index contributed by atoms with van der Waals surface area (Å²) in [4.78, 5) is 27.0. The Bertz CT molecular complexity index is 1290. The van der Waals surface area contributed by atoms with E-state index in [9.17, 15) is 22.8 Å². The molecule has 0 spiro atoms. The molecule has 12 heteroatoms. The van der Waals surface area contributed by atoms with Crippen LogP contribution >= 0.6 is 0 Å². The summed E-state index contributed by atoms with van der Waals surface area (Å²) in [5.41, 5.74) is 2.90. The van der Waals surface area contributed by atoms with E-state index in [0.717, 1.165) is 81.6 Å². The van der Waals surface area contributed by atoms with Crippen LogP contribution < -0.4 is 20.4 Å². The maximum atomic E-state index is 15.1. The first-order valence-corrected chi connectivity index (χ1v) is 14.0. The quantitative estimate of drug-likeness (QED) is 0.193. The number of alkyl halides is 3. The molecule has 0 aromatic heterocycles. The molecule has 234 valence electrons. The number of ether oxygens (including phenoxy) is 1. The number of anilines is 3. The fraction of sp³-hybridized carbons (Fsp3) is 0.419. The van der Waals surface area contributed by atoms with Crippen LogP contribution in [0.1, 0.15) is 13.8 Å². The second-order valence-corrected chi connectivity index (χ2v) is 10.2. The van der Waals surface area contributed by atoms with Gasteiger partial charge in [0.15, 0.2) is 6.29 Å². The highest BCUT2D eigenvalue weighted by atomic mass is 19.4. The van der Waals surface area contributed by atoms with Crippen molar-refractivity contribution < 1.29 is 31.9 Å². The third-order valence-corrected chi connectivity index (χ3v) is 7.55. The Morgan fingerprint density at radius 1 is 1.02 bits per heavy atom. The Balaban J connectivity index is 0.000000308. The summed E-state index contributed by atoms with van der Waals surface area (Å²) in [6.07, 6.45) is -2.95. The van der Waals surface area contributed by atoms with E-state index in [-0.39, 0.29) is 18.5 Å². The Labute approximate surface area is 250 Å². The van der Waals surface area contributed by atoms with Crippen LogP contribution in [-0.2, 0) is 14.3 Å². The van der Waals surface area contributed by atoms with Gasteiger partial charge in [0.2, 0.25) is 6.41 Å². The lowest BCUT2D eigenvalue weighted by Gasteiger charge is -2.39. The fourth-order valence-electron chi connectivity index (χ4n) is 4.98. The van der Waals surface area contributed by atoms with Gasteiger partial charge >= 0.3 is 6.18 Å². The Morgan fingerprint density at radius 3 is 2.23 bits per heavy atom. The van der Waals surface area contributed by atoms with Crippen molar-refractivity contribution in [3.63, 3.8) is 0 Å². The summed E-state index contributed by atoms with van der Waals surface area (Å²) in [5.74, 6) is -0.176. The topological polar surface area (TPSA) is 77.1 Å². The predicted molar refractivity (Wildman–Crippen MR) is 162 cm³/mol. The van der Waals surface area contributed by atoms with Crippen molar-refractivity contribution in [3.8, 4) is 11.1 Å². The van der Waals surface area contributed by atoms with Crippen molar-refractivity contribution in [2.45, 2.75) is 26.1 Å². The molecular formula is C31H39F4N5O3. The number of amides is 1. The molecule has 0 radical (unpaired) electrons. The monoisotopic (exact) mass is 605 g/mol. The molecule has 4 rings (SSSR count). The van der Waals surface area contributed by atoms with Gasteiger partial charge in [-0.2, -0.15) is 13.2 Å². The van der Waals surface area contributed by atoms with Crippen LogP contribution in [0.4, 0.5) is 34.6 Å². The molecule has 1 unspecified atom stereocenters. The van der Waals surface area contributed by atoms with Crippen LogP contribution in [0.5, 0.6) is 0 Å². The van der Waals surface area contributed by atoms with Crippen molar-refractivity contribution in [2.75, 3.05) is 75.1 Å². The zero-order valence-electron chi connectivity index (χ0n) is 24.9. The van der Waals surface area contributed by atoms with Crippen LogP contribution in [0.25, 0.3) is 11.1 Å². The minimum absolute atomic E-state index is 0.0271. The number of benzene rings is 2. The second-order valence-electron chi connectivity index (χ2n) is 10.2. The molecule has 0 saturated carbocycles. The van der Waals surface area contributed by atoms with E-state index in [2.05, 4.69) is 46.1 Å². The molecule has 2 aromatic rings. The zero-order valence-corrected chi connectivity index (χ0v) is 24.9. The molecule has 2 saturated heterocycles. The Kier molecular flexibility index (Phi) is 12.1. The Morgan fingerprint density at radius 2 is 1.70 bits per heavy atom. The lowest BCUT2D eigenvalue weighted by molar-refractivity contribution is -0.109. The van der Waals surface area contributed by atoms with Gasteiger partial charge in [0.25, 0.3) is 0 Å². The molecule has 2 fully saturated rings. The van der Waals surface area contributed by atoms with Crippen molar-refractivity contribution in [1.29, 1.82) is 0 Å². The summed E-state index contributed by atoms with van der Waals surface area (Å²) < 4.78 is 57.2. The third kappa shape index (κ3) is 8.80. The van der Waals surface area contributed by atoms with Crippen LogP contribution in [0, 0.1) is 5.82 Å². The van der Waals surface area contributed by atoms with E-state index in [1.807, 2.05) is 30.6 Å². The highest BCUT2D eigenvalue weighted by Gasteiger charge is 2.35. The van der Waals surface area contributed by atoms with E-state index in [0.29, 0.717) is 17.8 Å². The smallest absolute Gasteiger partial charge is 0.386 e. The fourth-order valence-corrected chi connectivity index (χ4v) is 4.98. The number of nitrogens with one attached hydrogen (secondary N) is 2. The van der Waals surface area contributed by atoms with Crippen molar-refractivity contribution >= 4 is 29.8 Å². The highest BCUT2D eigenvalue weighted by molar-refractivity contribution is 5.81. The number of hydrogen-bond donors (Lipinski definition) is 2. The average Bonchev–Trinajstić information content (AvgIpc) is 3.00. The van der Waals surface area contributed by atoms with E-state index in [1.165, 1.54) is 0 Å². The molecule has 1 amide bonds. The van der Waals surface area contributed by atoms with E-state index in [1.54, 1.807) is 6.07 Å². The number of hydrogen-bond acceptors (Lipinski definition) is 7. The molecule has 1 atom stereocenters. The highest BCUT2D eigenvalue weighted by Crippen LogP contribution is 2.35. The van der Waals surface area contributed by atoms with Gasteiger partial charge in [0, 0.05) is 68.8 Å². The van der Waals surface area contributed by atoms with Crippen molar-refractivity contribution in [3.05, 3.63) is 65.6 Å². The molecule has 0 bridgehead atoms. The molecule has 2 aromatic carbocycles. The maximum absolute atomic E-state index is 15.1. The first kappa shape index (κ1) is 33.6. The van der Waals surface area contributed by atoms with Gasteiger partial charge in [-0.25, -0.2) is 4.39 Å². The van der Waals surface area contributed by atoms with E-state index >= 15 is 4.39 Å². The van der Waals surface area contributed by atoms with Gasteiger partial charge < -0.3 is 30.1 Å². The van der Waals surface area contributed by atoms with E-state index < -0.39 is 17.3 Å². The lowest BCUT2D eigenvalue weighted by atomic mass is 10.0. The molecule has 2 N–H and O–H groups in total. The second kappa shape index (κ2) is 15.5. The van der Waals surface area contributed by atoms with Gasteiger partial charge in [-0.1, -0.05) is 18.2 Å². The van der Waals surface area contributed by atoms with Crippen molar-refractivity contribution in [2.24, 2.45) is 0 Å². The maximum Gasteiger partial charge on any atom is 0.416 e. The summed E-state index contributed by atoms with van der Waals surface area (Å²) in [6.45, 7) is 9.47. The predicted octanol–water partition coefficient (Wildman–Crippen LogP) is 4.84. The van der Waals surface area contributed by atoms with Crippen LogP contribution in [0.15, 0.2) is 59.8 Å². The number of carbonyl (C=O) groups excluding carboxylic acids is 2. The molecule has 2 aliphatic rings. The SMILES string of the molecule is C/C=C(\C(C=O)=C/NC=O)C(F)(F)F.CNc1cc(-c2ccc(N3CCOCC3)cc2)c(F)cc1N1CCN(C)C(C)C1. The number of halogens is 4. The van der Waals surface area contributed by atoms with Crippen LogP contribution in [0.2, 0.25) is 0 Å². The Hall–Kier alpha value is -3.90. The lowest BCUT2D eigenvalue weighted by Crippen LogP contribution is -2.50. The summed E-state index contributed by atoms with van der Waals surface area (Å²) in [5, 5.41) is 5.15. The standard InChI is InChI=1S/C23H31FN4O.C8H8F3NO2/c1-17-16-28(9-8-26(17)3)23-15-21(24)20(14-22(23)25-2)18-4-6-19(7-5-18)27-10-12-29-13-11-27;1-2-7(8(9,10)11)6(4-13)3-12-5-14/h4-7,14-15,17,25H,8-13,16H2,1-3H3;2-5H,1H3,(H,12,14)/b;6-3-,7-2+. The number of piperazine rings is 1. The van der Waals surface area contributed by atoms with Gasteiger partial charge in [-0.3, -0.25) is 9.59 Å². The van der Waals surface area contributed by atoms with Crippen LogP contribution in [-0.4, -0.2) is 89.8 Å². The molecule has 8 nitrogen and oxygen atoms in total. The number of morpholine rings is 1. The number of aldehydes is 1. The molecule has 43 heavy (non-hydrogen) atoms. The van der Waals surface area contributed by atoms with Crippen LogP contribution in [0.3, 0.4) is 0 Å². The van der Waals surface area contributed by atoms with Gasteiger partial charge in [0.1, 0.15) is 5.82 Å². The average molecular weight is 606 g/mol. The third-order valence-electron chi connectivity index (χ3n) is 7.55. The number of rotatable bonds is 8. The number of likely N-dealkylation sites (N-methyl/N-ethyl adjacent to an activating group) is 1. The zero-order chi connectivity index (χ0) is 31.6. The minimum Gasteiger partial charge on any atom is -0.386 e. The number of allylic oxidation sites excluding steroid dienone is 3. The summed E-state index contributed by atoms with van der Waals surface area (Å²) in [7, 11) is 4.05. The number of nitrogens with zero attached hydrogens (tertiary/aromatic N) is 3. The largest absolute Gasteiger partial charge is 0.416 e. The van der Waals surface area contributed by atoms with E-state index in [4.69, 9.17) is 4.74 Å². The van der Waals surface area contributed by atoms with Gasteiger partial charge in [0.05, 0.1) is 30.2 Å². The van der Waals surface area contributed by atoms with Gasteiger partial charge in [-0.15, -0.1) is 0 Å².